The van der Waals surface area contributed by atoms with E-state index in [1.165, 1.54) is 12.1 Å². The van der Waals surface area contributed by atoms with E-state index in [0.29, 0.717) is 12.0 Å². The van der Waals surface area contributed by atoms with E-state index in [1.54, 1.807) is 0 Å². The maximum Gasteiger partial charge on any atom is 0.573 e. The van der Waals surface area contributed by atoms with Crippen molar-refractivity contribution in [2.45, 2.75) is 38.6 Å². The second kappa shape index (κ2) is 7.53. The molecule has 0 spiro atoms. The predicted molar refractivity (Wildman–Crippen MR) is 69.3 cm³/mol. The molecule has 0 unspecified atom stereocenters. The van der Waals surface area contributed by atoms with Crippen molar-refractivity contribution >= 4 is 5.91 Å². The molecule has 0 aliphatic heterocycles. The predicted octanol–water partition coefficient (Wildman–Crippen LogP) is 2.94. The Hall–Kier alpha value is -2.23. The summed E-state index contributed by atoms with van der Waals surface area (Å²) in [5.74, 6) is -0.688. The van der Waals surface area contributed by atoms with Gasteiger partial charge in [-0.05, 0) is 24.1 Å². The van der Waals surface area contributed by atoms with Gasteiger partial charge in [0, 0.05) is 0 Å². The summed E-state index contributed by atoms with van der Waals surface area (Å²) < 4.78 is 39.7. The Balaban J connectivity index is 2.56. The highest BCUT2D eigenvalue weighted by molar-refractivity contribution is 5.79. The maximum atomic E-state index is 12.0. The first kappa shape index (κ1) is 16.8. The number of amides is 1. The smallest absolute Gasteiger partial charge is 0.406 e. The minimum Gasteiger partial charge on any atom is -0.406 e. The zero-order valence-corrected chi connectivity index (χ0v) is 11.4. The Morgan fingerprint density at radius 1 is 1.38 bits per heavy atom. The van der Waals surface area contributed by atoms with Crippen LogP contribution in [0.3, 0.4) is 0 Å². The number of carbonyl (C=O) groups excluding carboxylic acids is 1. The highest BCUT2D eigenvalue weighted by Crippen LogP contribution is 2.22. The first-order valence-corrected chi connectivity index (χ1v) is 6.37. The average Bonchev–Trinajstić information content (AvgIpc) is 2.39. The normalized spacial score (nSPS) is 12.3. The summed E-state index contributed by atoms with van der Waals surface area (Å²) in [5.41, 5.74) is 0.537. The molecule has 0 aliphatic carbocycles. The van der Waals surface area contributed by atoms with Gasteiger partial charge in [-0.15, -0.1) is 13.2 Å². The first-order valence-electron chi connectivity index (χ1n) is 6.37. The number of hydrogen-bond acceptors (Lipinski definition) is 3. The second-order valence-electron chi connectivity index (χ2n) is 4.41. The summed E-state index contributed by atoms with van der Waals surface area (Å²) in [7, 11) is 0. The molecule has 0 heterocycles. The van der Waals surface area contributed by atoms with Crippen molar-refractivity contribution in [3.63, 3.8) is 0 Å². The topological polar surface area (TPSA) is 62.1 Å². The lowest BCUT2D eigenvalue weighted by Crippen LogP contribution is -2.34. The minimum atomic E-state index is -4.74. The molecule has 0 fully saturated rings. The lowest BCUT2D eigenvalue weighted by molar-refractivity contribution is -0.274. The van der Waals surface area contributed by atoms with Gasteiger partial charge in [0.05, 0.1) is 12.5 Å². The number of nitriles is 1. The molecular weight excluding hydrogens is 285 g/mol. The molecule has 1 amide bonds. The highest BCUT2D eigenvalue weighted by Gasteiger charge is 2.30. The Bertz CT molecular complexity index is 506. The molecule has 1 rings (SSSR count). The fourth-order valence-electron chi connectivity index (χ4n) is 1.70. The maximum absolute atomic E-state index is 12.0. The van der Waals surface area contributed by atoms with Crippen molar-refractivity contribution in [2.24, 2.45) is 0 Å². The third-order valence-corrected chi connectivity index (χ3v) is 2.59. The minimum absolute atomic E-state index is 0.00576. The van der Waals surface area contributed by atoms with E-state index >= 15 is 0 Å². The van der Waals surface area contributed by atoms with Crippen molar-refractivity contribution in [3.8, 4) is 11.8 Å². The van der Waals surface area contributed by atoms with Crippen molar-refractivity contribution in [1.29, 1.82) is 5.26 Å². The van der Waals surface area contributed by atoms with Crippen molar-refractivity contribution in [3.05, 3.63) is 29.8 Å². The van der Waals surface area contributed by atoms with E-state index in [2.05, 4.69) is 10.1 Å². The molecule has 7 heteroatoms. The van der Waals surface area contributed by atoms with Gasteiger partial charge in [-0.2, -0.15) is 5.26 Å². The van der Waals surface area contributed by atoms with Crippen molar-refractivity contribution < 1.29 is 22.7 Å². The van der Waals surface area contributed by atoms with Crippen LogP contribution in [-0.2, 0) is 11.2 Å². The van der Waals surface area contributed by atoms with Gasteiger partial charge in [-0.1, -0.05) is 25.5 Å². The molecule has 0 bridgehead atoms. The van der Waals surface area contributed by atoms with Crippen LogP contribution in [0.4, 0.5) is 13.2 Å². The molecule has 114 valence electrons. The van der Waals surface area contributed by atoms with E-state index in [4.69, 9.17) is 5.26 Å². The lowest BCUT2D eigenvalue weighted by atomic mass is 10.1. The number of rotatable bonds is 6. The Morgan fingerprint density at radius 3 is 2.48 bits per heavy atom. The average molecular weight is 300 g/mol. The van der Waals surface area contributed by atoms with Gasteiger partial charge in [0.15, 0.2) is 0 Å². The van der Waals surface area contributed by atoms with Crippen LogP contribution in [-0.4, -0.2) is 18.3 Å². The summed E-state index contributed by atoms with van der Waals surface area (Å²) in [6, 6.07) is 6.47. The molecule has 1 atom stereocenters. The molecule has 0 aromatic heterocycles. The third-order valence-electron chi connectivity index (χ3n) is 2.59. The van der Waals surface area contributed by atoms with Gasteiger partial charge in [-0.25, -0.2) is 0 Å². The fraction of sp³-hybridized carbons (Fsp3) is 0.429. The van der Waals surface area contributed by atoms with Crippen LogP contribution in [0.5, 0.6) is 5.75 Å². The zero-order chi connectivity index (χ0) is 15.9. The number of nitrogens with zero attached hydrogens (tertiary/aromatic N) is 1. The van der Waals surface area contributed by atoms with Crippen LogP contribution in [0, 0.1) is 11.3 Å². The molecule has 0 aliphatic rings. The number of alkyl halides is 3. The number of carbonyl (C=O) groups is 1. The van der Waals surface area contributed by atoms with Crippen LogP contribution < -0.4 is 10.1 Å². The van der Waals surface area contributed by atoms with Crippen LogP contribution in [0.25, 0.3) is 0 Å². The standard InChI is InChI=1S/C14H15F3N2O2/c1-2-3-11(9-18)19-13(20)8-10-4-6-12(7-5-10)21-14(15,16)17/h4-7,11H,2-3,8H2,1H3,(H,19,20)/t11-/m0/s1. The van der Waals surface area contributed by atoms with Gasteiger partial charge in [0.1, 0.15) is 11.8 Å². The van der Waals surface area contributed by atoms with Crippen molar-refractivity contribution in [2.75, 3.05) is 0 Å². The van der Waals surface area contributed by atoms with Crippen molar-refractivity contribution in [1.82, 2.24) is 5.32 Å². The number of nitrogens with one attached hydrogen (secondary N) is 1. The van der Waals surface area contributed by atoms with Crippen LogP contribution in [0.15, 0.2) is 24.3 Å². The van der Waals surface area contributed by atoms with E-state index in [1.807, 2.05) is 13.0 Å². The lowest BCUT2D eigenvalue weighted by Gasteiger charge is -2.11. The zero-order valence-electron chi connectivity index (χ0n) is 11.4. The largest absolute Gasteiger partial charge is 0.573 e. The van der Waals surface area contributed by atoms with Gasteiger partial charge < -0.3 is 10.1 Å². The highest BCUT2D eigenvalue weighted by atomic mass is 19.4. The van der Waals surface area contributed by atoms with Crippen LogP contribution in [0.1, 0.15) is 25.3 Å². The van der Waals surface area contributed by atoms with E-state index in [9.17, 15) is 18.0 Å². The molecule has 1 aromatic rings. The summed E-state index contributed by atoms with van der Waals surface area (Å²) in [4.78, 5) is 11.7. The molecule has 0 radical (unpaired) electrons. The first-order chi connectivity index (χ1) is 9.84. The van der Waals surface area contributed by atoms with E-state index in [0.717, 1.165) is 18.6 Å². The van der Waals surface area contributed by atoms with Gasteiger partial charge in [-0.3, -0.25) is 4.79 Å². The summed E-state index contributed by atoms with van der Waals surface area (Å²) >= 11 is 0. The molecule has 0 saturated carbocycles. The van der Waals surface area contributed by atoms with Gasteiger partial charge >= 0.3 is 6.36 Å². The number of ether oxygens (including phenoxy) is 1. The Kier molecular flexibility index (Phi) is 6.03. The third kappa shape index (κ3) is 6.65. The fourth-order valence-corrected chi connectivity index (χ4v) is 1.70. The molecule has 1 N–H and O–H groups in total. The monoisotopic (exact) mass is 300 g/mol. The molecule has 0 saturated heterocycles. The van der Waals surface area contributed by atoms with Crippen LogP contribution >= 0.6 is 0 Å². The quantitative estimate of drug-likeness (QED) is 0.878. The Morgan fingerprint density at radius 2 is 2.00 bits per heavy atom. The summed E-state index contributed by atoms with van der Waals surface area (Å²) in [6.45, 7) is 1.90. The summed E-state index contributed by atoms with van der Waals surface area (Å²) in [5, 5.41) is 11.4. The molecule has 4 nitrogen and oxygen atoms in total. The second-order valence-corrected chi connectivity index (χ2v) is 4.41. The summed E-state index contributed by atoms with van der Waals surface area (Å²) in [6.07, 6.45) is -3.42. The Labute approximate surface area is 120 Å². The molecular formula is C14H15F3N2O2. The number of halogens is 3. The van der Waals surface area contributed by atoms with Gasteiger partial charge in [0.2, 0.25) is 5.91 Å². The molecule has 21 heavy (non-hydrogen) atoms. The van der Waals surface area contributed by atoms with Gasteiger partial charge in [0.25, 0.3) is 0 Å². The molecule has 1 aromatic carbocycles. The number of hydrogen-bond donors (Lipinski definition) is 1. The van der Waals surface area contributed by atoms with E-state index < -0.39 is 12.4 Å². The van der Waals surface area contributed by atoms with E-state index in [-0.39, 0.29) is 18.1 Å². The number of benzene rings is 1. The van der Waals surface area contributed by atoms with Crippen LogP contribution in [0.2, 0.25) is 0 Å². The SMILES string of the molecule is CCC[C@@H](C#N)NC(=O)Cc1ccc(OC(F)(F)F)cc1.